The van der Waals surface area contributed by atoms with Crippen molar-refractivity contribution in [1.82, 2.24) is 4.98 Å². The Morgan fingerprint density at radius 3 is 2.41 bits per heavy atom. The average molecular weight is 252 g/mol. The van der Waals surface area contributed by atoms with Crippen LogP contribution in [0.5, 0.6) is 0 Å². The fourth-order valence-corrected chi connectivity index (χ4v) is 1.23. The molecule has 0 amide bonds. The standard InChI is InChI=1S/C9H5F5N2O/c10-7(11)5-3-4(1-2-15)6(9(12,13)14)16-8(5)17/h3,7H,1H2,(H,16,17). The first-order valence-corrected chi connectivity index (χ1v) is 4.25. The number of H-pyrrole nitrogens is 1. The molecule has 0 aliphatic carbocycles. The lowest BCUT2D eigenvalue weighted by atomic mass is 10.1. The van der Waals surface area contributed by atoms with Crippen LogP contribution in [-0.4, -0.2) is 4.98 Å². The summed E-state index contributed by atoms with van der Waals surface area (Å²) in [5.41, 5.74) is -4.72. The van der Waals surface area contributed by atoms with Crippen LogP contribution in [0.15, 0.2) is 10.9 Å². The van der Waals surface area contributed by atoms with Crippen molar-refractivity contribution in [2.75, 3.05) is 0 Å². The second-order valence-electron chi connectivity index (χ2n) is 3.09. The summed E-state index contributed by atoms with van der Waals surface area (Å²) in [6, 6.07) is 1.83. The van der Waals surface area contributed by atoms with Gasteiger partial charge in [0.25, 0.3) is 12.0 Å². The molecule has 3 nitrogen and oxygen atoms in total. The highest BCUT2D eigenvalue weighted by molar-refractivity contribution is 5.30. The molecule has 0 saturated carbocycles. The van der Waals surface area contributed by atoms with E-state index in [2.05, 4.69) is 0 Å². The van der Waals surface area contributed by atoms with Crippen LogP contribution in [0.25, 0.3) is 0 Å². The number of halogens is 5. The van der Waals surface area contributed by atoms with Gasteiger partial charge in [-0.3, -0.25) is 4.79 Å². The van der Waals surface area contributed by atoms with E-state index in [1.807, 2.05) is 0 Å². The molecule has 92 valence electrons. The SMILES string of the molecule is N#CCc1cc(C(F)F)c(=O)[nH]c1C(F)(F)F. The van der Waals surface area contributed by atoms with Gasteiger partial charge in [-0.2, -0.15) is 18.4 Å². The maximum Gasteiger partial charge on any atom is 0.431 e. The summed E-state index contributed by atoms with van der Waals surface area (Å²) in [6.45, 7) is 0. The molecule has 0 atom stereocenters. The Morgan fingerprint density at radius 2 is 2.00 bits per heavy atom. The highest BCUT2D eigenvalue weighted by atomic mass is 19.4. The number of rotatable bonds is 2. The topological polar surface area (TPSA) is 56.6 Å². The fourth-order valence-electron chi connectivity index (χ4n) is 1.23. The minimum absolute atomic E-state index is 0.412. The predicted octanol–water partition coefficient (Wildman–Crippen LogP) is 2.40. The number of nitrogens with zero attached hydrogens (tertiary/aromatic N) is 1. The molecular formula is C9H5F5N2O. The van der Waals surface area contributed by atoms with Crippen molar-refractivity contribution in [3.63, 3.8) is 0 Å². The van der Waals surface area contributed by atoms with Crippen LogP contribution >= 0.6 is 0 Å². The van der Waals surface area contributed by atoms with Gasteiger partial charge in [0, 0.05) is 0 Å². The van der Waals surface area contributed by atoms with Gasteiger partial charge >= 0.3 is 6.18 Å². The summed E-state index contributed by atoms with van der Waals surface area (Å²) < 4.78 is 61.8. The van der Waals surface area contributed by atoms with Crippen molar-refractivity contribution in [2.45, 2.75) is 19.0 Å². The summed E-state index contributed by atoms with van der Waals surface area (Å²) in [5.74, 6) is 0. The Bertz CT molecular complexity index is 512. The van der Waals surface area contributed by atoms with Gasteiger partial charge in [-0.25, -0.2) is 8.78 Å². The molecule has 1 aromatic rings. The number of hydrogen-bond acceptors (Lipinski definition) is 2. The quantitative estimate of drug-likeness (QED) is 0.821. The third-order valence-electron chi connectivity index (χ3n) is 1.94. The van der Waals surface area contributed by atoms with E-state index in [-0.39, 0.29) is 0 Å². The lowest BCUT2D eigenvalue weighted by Crippen LogP contribution is -2.22. The molecule has 0 bridgehead atoms. The van der Waals surface area contributed by atoms with Gasteiger partial charge in [-0.05, 0) is 11.6 Å². The van der Waals surface area contributed by atoms with E-state index in [9.17, 15) is 26.7 Å². The van der Waals surface area contributed by atoms with Crippen molar-refractivity contribution in [1.29, 1.82) is 5.26 Å². The van der Waals surface area contributed by atoms with Gasteiger partial charge < -0.3 is 4.98 Å². The largest absolute Gasteiger partial charge is 0.431 e. The maximum atomic E-state index is 12.4. The summed E-state index contributed by atoms with van der Waals surface area (Å²) in [4.78, 5) is 12.3. The molecule has 0 radical (unpaired) electrons. The first kappa shape index (κ1) is 13.2. The minimum Gasteiger partial charge on any atom is -0.318 e. The summed E-state index contributed by atoms with van der Waals surface area (Å²) in [5, 5.41) is 8.31. The Hall–Kier alpha value is -1.91. The zero-order valence-electron chi connectivity index (χ0n) is 8.11. The monoisotopic (exact) mass is 252 g/mol. The van der Waals surface area contributed by atoms with Gasteiger partial charge in [0.05, 0.1) is 18.1 Å². The van der Waals surface area contributed by atoms with Crippen LogP contribution in [0, 0.1) is 11.3 Å². The highest BCUT2D eigenvalue weighted by Gasteiger charge is 2.35. The van der Waals surface area contributed by atoms with E-state index in [1.165, 1.54) is 11.1 Å². The lowest BCUT2D eigenvalue weighted by molar-refractivity contribution is -0.141. The Balaban J connectivity index is 3.48. The molecule has 0 aliphatic rings. The third-order valence-corrected chi connectivity index (χ3v) is 1.94. The zero-order valence-corrected chi connectivity index (χ0v) is 8.11. The van der Waals surface area contributed by atoms with Crippen molar-refractivity contribution in [2.24, 2.45) is 0 Å². The average Bonchev–Trinajstić information content (AvgIpc) is 2.18. The van der Waals surface area contributed by atoms with E-state index >= 15 is 0 Å². The first-order chi connectivity index (χ1) is 7.77. The molecular weight excluding hydrogens is 247 g/mol. The number of pyridine rings is 1. The molecule has 1 N–H and O–H groups in total. The van der Waals surface area contributed by atoms with E-state index < -0.39 is 41.4 Å². The van der Waals surface area contributed by atoms with Crippen LogP contribution in [0.3, 0.4) is 0 Å². The normalized spacial score (nSPS) is 11.6. The number of alkyl halides is 5. The Kier molecular flexibility index (Phi) is 3.50. The number of nitriles is 1. The summed E-state index contributed by atoms with van der Waals surface area (Å²) >= 11 is 0. The van der Waals surface area contributed by atoms with E-state index in [4.69, 9.17) is 5.26 Å². The summed E-state index contributed by atoms with van der Waals surface area (Å²) in [6.07, 6.45) is -8.81. The molecule has 17 heavy (non-hydrogen) atoms. The van der Waals surface area contributed by atoms with Crippen LogP contribution in [0.1, 0.15) is 23.2 Å². The number of aromatic nitrogens is 1. The first-order valence-electron chi connectivity index (χ1n) is 4.25. The van der Waals surface area contributed by atoms with Gasteiger partial charge in [-0.1, -0.05) is 0 Å². The molecule has 0 aliphatic heterocycles. The molecule has 1 heterocycles. The molecule has 0 saturated heterocycles. The second-order valence-corrected chi connectivity index (χ2v) is 3.09. The zero-order chi connectivity index (χ0) is 13.2. The van der Waals surface area contributed by atoms with E-state index in [0.717, 1.165) is 0 Å². The van der Waals surface area contributed by atoms with Crippen LogP contribution < -0.4 is 5.56 Å². The molecule has 8 heteroatoms. The number of nitrogens with one attached hydrogen (secondary N) is 1. The van der Waals surface area contributed by atoms with Crippen LogP contribution in [0.2, 0.25) is 0 Å². The predicted molar refractivity (Wildman–Crippen MR) is 46.3 cm³/mol. The van der Waals surface area contributed by atoms with Gasteiger partial charge in [0.15, 0.2) is 0 Å². The van der Waals surface area contributed by atoms with Crippen LogP contribution in [0.4, 0.5) is 22.0 Å². The molecule has 0 aromatic carbocycles. The molecule has 0 fully saturated rings. The van der Waals surface area contributed by atoms with Crippen molar-refractivity contribution < 1.29 is 22.0 Å². The van der Waals surface area contributed by atoms with Crippen molar-refractivity contribution in [3.05, 3.63) is 33.2 Å². The van der Waals surface area contributed by atoms with E-state index in [0.29, 0.717) is 6.07 Å². The van der Waals surface area contributed by atoms with Gasteiger partial charge in [-0.15, -0.1) is 0 Å². The van der Waals surface area contributed by atoms with Crippen molar-refractivity contribution >= 4 is 0 Å². The Morgan fingerprint density at radius 1 is 1.41 bits per heavy atom. The van der Waals surface area contributed by atoms with Gasteiger partial charge in [0.2, 0.25) is 0 Å². The molecule has 0 spiro atoms. The molecule has 1 aromatic heterocycles. The summed E-state index contributed by atoms with van der Waals surface area (Å²) in [7, 11) is 0. The lowest BCUT2D eigenvalue weighted by Gasteiger charge is -2.11. The smallest absolute Gasteiger partial charge is 0.318 e. The minimum atomic E-state index is -4.90. The maximum absolute atomic E-state index is 12.4. The number of hydrogen-bond donors (Lipinski definition) is 1. The fraction of sp³-hybridized carbons (Fsp3) is 0.333. The third kappa shape index (κ3) is 2.81. The van der Waals surface area contributed by atoms with Gasteiger partial charge in [0.1, 0.15) is 5.69 Å². The van der Waals surface area contributed by atoms with Crippen LogP contribution in [-0.2, 0) is 12.6 Å². The van der Waals surface area contributed by atoms with Crippen molar-refractivity contribution in [3.8, 4) is 6.07 Å². The van der Waals surface area contributed by atoms with E-state index in [1.54, 1.807) is 0 Å². The molecule has 0 unspecified atom stereocenters. The Labute approximate surface area is 91.5 Å². The second kappa shape index (κ2) is 4.53. The molecule has 1 rings (SSSR count). The highest BCUT2D eigenvalue weighted by Crippen LogP contribution is 2.31. The number of aromatic amines is 1.